The molecule has 15 heavy (non-hydrogen) atoms. The van der Waals surface area contributed by atoms with E-state index in [-0.39, 0.29) is 6.42 Å². The number of carboxylic acid groups (broad SMARTS) is 1. The molecule has 0 unspecified atom stereocenters. The Morgan fingerprint density at radius 1 is 1.40 bits per heavy atom. The molecular weight excluding hydrogens is 305 g/mol. The number of rotatable bonds is 4. The van der Waals surface area contributed by atoms with Gasteiger partial charge in [-0.3, -0.25) is 4.79 Å². The highest BCUT2D eigenvalue weighted by molar-refractivity contribution is 9.10. The van der Waals surface area contributed by atoms with Crippen molar-refractivity contribution in [2.45, 2.75) is 6.42 Å². The van der Waals surface area contributed by atoms with Crippen LogP contribution in [0.15, 0.2) is 16.6 Å². The molecule has 0 amide bonds. The van der Waals surface area contributed by atoms with Gasteiger partial charge in [0, 0.05) is 11.0 Å². The van der Waals surface area contributed by atoms with Gasteiger partial charge in [0.25, 0.3) is 0 Å². The van der Waals surface area contributed by atoms with Gasteiger partial charge in [0.1, 0.15) is 0 Å². The van der Waals surface area contributed by atoms with E-state index in [0.29, 0.717) is 26.8 Å². The van der Waals surface area contributed by atoms with Crippen LogP contribution < -0.4 is 5.32 Å². The highest BCUT2D eigenvalue weighted by Crippen LogP contribution is 2.35. The van der Waals surface area contributed by atoms with Crippen LogP contribution in [0.5, 0.6) is 0 Å². The largest absolute Gasteiger partial charge is 0.481 e. The molecule has 0 atom stereocenters. The minimum atomic E-state index is -0.859. The van der Waals surface area contributed by atoms with Crippen molar-refractivity contribution < 1.29 is 9.90 Å². The Bertz CT molecular complexity index is 385. The van der Waals surface area contributed by atoms with Crippen molar-refractivity contribution in [3.8, 4) is 0 Å². The summed E-state index contributed by atoms with van der Waals surface area (Å²) in [4.78, 5) is 10.3. The Morgan fingerprint density at radius 2 is 2.07 bits per heavy atom. The van der Waals surface area contributed by atoms with Crippen LogP contribution in [0.2, 0.25) is 10.0 Å². The fourth-order valence-corrected chi connectivity index (χ4v) is 1.81. The number of nitrogens with one attached hydrogen (secondary N) is 1. The van der Waals surface area contributed by atoms with Gasteiger partial charge in [0.05, 0.1) is 22.2 Å². The predicted octanol–water partition coefficient (Wildman–Crippen LogP) is 3.64. The minimum Gasteiger partial charge on any atom is -0.481 e. The van der Waals surface area contributed by atoms with Crippen molar-refractivity contribution in [2.75, 3.05) is 11.9 Å². The molecule has 0 saturated carbocycles. The van der Waals surface area contributed by atoms with E-state index in [2.05, 4.69) is 21.2 Å². The van der Waals surface area contributed by atoms with Crippen LogP contribution >= 0.6 is 39.1 Å². The van der Waals surface area contributed by atoms with Gasteiger partial charge in [-0.25, -0.2) is 0 Å². The lowest BCUT2D eigenvalue weighted by Crippen LogP contribution is -2.07. The molecule has 3 nitrogen and oxygen atoms in total. The van der Waals surface area contributed by atoms with Crippen LogP contribution in [0.4, 0.5) is 5.69 Å². The first kappa shape index (κ1) is 12.6. The molecule has 0 aliphatic carbocycles. The Balaban J connectivity index is 2.70. The molecule has 6 heteroatoms. The number of anilines is 1. The summed E-state index contributed by atoms with van der Waals surface area (Å²) in [5, 5.41) is 12.1. The molecule has 1 rings (SSSR count). The lowest BCUT2D eigenvalue weighted by atomic mass is 10.3. The van der Waals surface area contributed by atoms with Crippen LogP contribution in [-0.4, -0.2) is 17.6 Å². The molecular formula is C9H8BrCl2NO2. The molecule has 0 fully saturated rings. The molecule has 0 saturated heterocycles. The van der Waals surface area contributed by atoms with Crippen molar-refractivity contribution in [2.24, 2.45) is 0 Å². The number of hydrogen-bond acceptors (Lipinski definition) is 2. The van der Waals surface area contributed by atoms with Gasteiger partial charge in [0.2, 0.25) is 0 Å². The first-order valence-electron chi connectivity index (χ1n) is 4.11. The van der Waals surface area contributed by atoms with E-state index in [1.807, 2.05) is 0 Å². The van der Waals surface area contributed by atoms with E-state index < -0.39 is 5.97 Å². The summed E-state index contributed by atoms with van der Waals surface area (Å²) in [7, 11) is 0. The topological polar surface area (TPSA) is 49.3 Å². The monoisotopic (exact) mass is 311 g/mol. The average molecular weight is 313 g/mol. The summed E-state index contributed by atoms with van der Waals surface area (Å²) in [6.45, 7) is 0.313. The fraction of sp³-hybridized carbons (Fsp3) is 0.222. The standard InChI is InChI=1S/C9H8BrCl2NO2/c10-5-1-2-6(9(12)8(5)11)13-4-3-7(14)15/h1-2,13H,3-4H2,(H,14,15). The second-order valence-electron chi connectivity index (χ2n) is 2.79. The average Bonchev–Trinajstić information content (AvgIpc) is 2.18. The highest BCUT2D eigenvalue weighted by atomic mass is 79.9. The van der Waals surface area contributed by atoms with Gasteiger partial charge in [-0.1, -0.05) is 23.2 Å². The van der Waals surface area contributed by atoms with E-state index in [4.69, 9.17) is 28.3 Å². The normalized spacial score (nSPS) is 10.1. The third-order valence-electron chi connectivity index (χ3n) is 1.69. The van der Waals surface area contributed by atoms with Crippen LogP contribution in [0.1, 0.15) is 6.42 Å². The van der Waals surface area contributed by atoms with E-state index >= 15 is 0 Å². The van der Waals surface area contributed by atoms with E-state index in [9.17, 15) is 4.79 Å². The molecule has 0 spiro atoms. The first-order chi connectivity index (χ1) is 7.02. The molecule has 0 aliphatic rings. The number of hydrogen-bond donors (Lipinski definition) is 2. The van der Waals surface area contributed by atoms with Crippen LogP contribution in [0.25, 0.3) is 0 Å². The zero-order valence-electron chi connectivity index (χ0n) is 7.56. The molecule has 0 radical (unpaired) electrons. The number of benzene rings is 1. The fourth-order valence-electron chi connectivity index (χ4n) is 0.967. The lowest BCUT2D eigenvalue weighted by Gasteiger charge is -2.09. The summed E-state index contributed by atoms with van der Waals surface area (Å²) in [5.74, 6) is -0.859. The van der Waals surface area contributed by atoms with E-state index in [1.54, 1.807) is 12.1 Å². The SMILES string of the molecule is O=C(O)CCNc1ccc(Br)c(Cl)c1Cl. The van der Waals surface area contributed by atoms with Gasteiger partial charge in [0.15, 0.2) is 0 Å². The maximum absolute atomic E-state index is 10.3. The zero-order valence-corrected chi connectivity index (χ0v) is 10.7. The third kappa shape index (κ3) is 3.55. The van der Waals surface area contributed by atoms with Gasteiger partial charge in [-0.15, -0.1) is 0 Å². The van der Waals surface area contributed by atoms with Crippen molar-refractivity contribution in [1.82, 2.24) is 0 Å². The van der Waals surface area contributed by atoms with E-state index in [1.165, 1.54) is 0 Å². The van der Waals surface area contributed by atoms with Gasteiger partial charge < -0.3 is 10.4 Å². The Hall–Kier alpha value is -0.450. The molecule has 0 aromatic heterocycles. The number of carbonyl (C=O) groups is 1. The number of aliphatic carboxylic acids is 1. The number of halogens is 3. The predicted molar refractivity (Wildman–Crippen MR) is 64.9 cm³/mol. The summed E-state index contributed by atoms with van der Waals surface area (Å²) in [5.41, 5.74) is 0.631. The summed E-state index contributed by atoms with van der Waals surface area (Å²) >= 11 is 15.1. The Labute approximate surface area is 106 Å². The summed E-state index contributed by atoms with van der Waals surface area (Å²) in [6, 6.07) is 3.48. The smallest absolute Gasteiger partial charge is 0.305 e. The molecule has 82 valence electrons. The van der Waals surface area contributed by atoms with Crippen molar-refractivity contribution >= 4 is 50.8 Å². The van der Waals surface area contributed by atoms with Gasteiger partial charge in [-0.2, -0.15) is 0 Å². The molecule has 1 aromatic rings. The van der Waals surface area contributed by atoms with Crippen molar-refractivity contribution in [3.05, 3.63) is 26.7 Å². The Morgan fingerprint density at radius 3 is 2.67 bits per heavy atom. The van der Waals surface area contributed by atoms with Gasteiger partial charge >= 0.3 is 5.97 Å². The van der Waals surface area contributed by atoms with Crippen molar-refractivity contribution in [3.63, 3.8) is 0 Å². The van der Waals surface area contributed by atoms with Crippen LogP contribution in [-0.2, 0) is 4.79 Å². The quantitative estimate of drug-likeness (QED) is 0.834. The molecule has 1 aromatic carbocycles. The number of carboxylic acids is 1. The van der Waals surface area contributed by atoms with E-state index in [0.717, 1.165) is 0 Å². The summed E-state index contributed by atoms with van der Waals surface area (Å²) < 4.78 is 0.706. The second-order valence-corrected chi connectivity index (χ2v) is 4.40. The first-order valence-corrected chi connectivity index (χ1v) is 5.66. The molecule has 0 heterocycles. The lowest BCUT2D eigenvalue weighted by molar-refractivity contribution is -0.136. The molecule has 2 N–H and O–H groups in total. The molecule has 0 bridgehead atoms. The molecule has 0 aliphatic heterocycles. The van der Waals surface area contributed by atoms with Crippen LogP contribution in [0, 0.1) is 0 Å². The summed E-state index contributed by atoms with van der Waals surface area (Å²) in [6.07, 6.45) is 0.0318. The third-order valence-corrected chi connectivity index (χ3v) is 3.46. The zero-order chi connectivity index (χ0) is 11.4. The van der Waals surface area contributed by atoms with Crippen molar-refractivity contribution in [1.29, 1.82) is 0 Å². The highest BCUT2D eigenvalue weighted by Gasteiger charge is 2.08. The minimum absolute atomic E-state index is 0.0318. The van der Waals surface area contributed by atoms with Crippen LogP contribution in [0.3, 0.4) is 0 Å². The second kappa shape index (κ2) is 5.58. The van der Waals surface area contributed by atoms with Gasteiger partial charge in [-0.05, 0) is 28.1 Å². The maximum atomic E-state index is 10.3. The maximum Gasteiger partial charge on any atom is 0.305 e. The Kier molecular flexibility index (Phi) is 4.70.